The van der Waals surface area contributed by atoms with Crippen molar-refractivity contribution in [2.24, 2.45) is 0 Å². The molecule has 0 fully saturated rings. The normalized spacial score (nSPS) is 10.1. The van der Waals surface area contributed by atoms with Gasteiger partial charge in [0.25, 0.3) is 0 Å². The van der Waals surface area contributed by atoms with Crippen LogP contribution in [-0.4, -0.2) is 18.7 Å². The van der Waals surface area contributed by atoms with Crippen molar-refractivity contribution in [2.45, 2.75) is 13.3 Å². The lowest BCUT2D eigenvalue weighted by molar-refractivity contribution is 0.317. The van der Waals surface area contributed by atoms with E-state index < -0.39 is 0 Å². The third kappa shape index (κ3) is 2.80. The molecule has 3 nitrogen and oxygen atoms in total. The molecule has 2 rings (SSSR count). The maximum absolute atomic E-state index is 5.63. The van der Waals surface area contributed by atoms with Crippen molar-refractivity contribution in [3.05, 3.63) is 42.7 Å². The first-order chi connectivity index (χ1) is 8.85. The molecule has 0 aliphatic rings. The second kappa shape index (κ2) is 6.05. The van der Waals surface area contributed by atoms with Crippen molar-refractivity contribution in [1.29, 1.82) is 0 Å². The molecule has 3 heteroatoms. The van der Waals surface area contributed by atoms with E-state index in [0.29, 0.717) is 0 Å². The third-order valence-corrected chi connectivity index (χ3v) is 2.62. The fourth-order valence-electron chi connectivity index (χ4n) is 1.75. The van der Waals surface area contributed by atoms with Crippen LogP contribution in [0.1, 0.15) is 13.3 Å². The van der Waals surface area contributed by atoms with Gasteiger partial charge in [0.15, 0.2) is 0 Å². The number of ether oxygens (including phenoxy) is 2. The lowest BCUT2D eigenvalue weighted by Crippen LogP contribution is -1.95. The third-order valence-electron chi connectivity index (χ3n) is 2.62. The van der Waals surface area contributed by atoms with Crippen LogP contribution in [0.2, 0.25) is 0 Å². The standard InChI is InChI=1S/C15H17NO2/c1-3-9-18-13-6-4-5-12(10-13)14-7-8-16-11-15(14)17-2/h4-8,10-11H,3,9H2,1-2H3. The monoisotopic (exact) mass is 243 g/mol. The number of hydrogen-bond donors (Lipinski definition) is 0. The summed E-state index contributed by atoms with van der Waals surface area (Å²) >= 11 is 0. The summed E-state index contributed by atoms with van der Waals surface area (Å²) in [7, 11) is 1.65. The van der Waals surface area contributed by atoms with Gasteiger partial charge in [0.05, 0.1) is 19.9 Å². The van der Waals surface area contributed by atoms with Gasteiger partial charge in [0.2, 0.25) is 0 Å². The highest BCUT2D eigenvalue weighted by atomic mass is 16.5. The summed E-state index contributed by atoms with van der Waals surface area (Å²) in [5, 5.41) is 0. The SMILES string of the molecule is CCCOc1cccc(-c2ccncc2OC)c1. The van der Waals surface area contributed by atoms with Gasteiger partial charge >= 0.3 is 0 Å². The number of nitrogens with zero attached hydrogens (tertiary/aromatic N) is 1. The van der Waals surface area contributed by atoms with Gasteiger partial charge in [-0.05, 0) is 30.2 Å². The molecule has 1 aromatic carbocycles. The Morgan fingerprint density at radius 1 is 1.22 bits per heavy atom. The van der Waals surface area contributed by atoms with E-state index in [2.05, 4.69) is 11.9 Å². The molecule has 0 radical (unpaired) electrons. The number of aromatic nitrogens is 1. The van der Waals surface area contributed by atoms with E-state index in [-0.39, 0.29) is 0 Å². The summed E-state index contributed by atoms with van der Waals surface area (Å²) in [6.07, 6.45) is 4.48. The molecule has 0 aliphatic heterocycles. The minimum atomic E-state index is 0.733. The summed E-state index contributed by atoms with van der Waals surface area (Å²) in [5.41, 5.74) is 2.09. The van der Waals surface area contributed by atoms with E-state index in [4.69, 9.17) is 9.47 Å². The first kappa shape index (κ1) is 12.4. The summed E-state index contributed by atoms with van der Waals surface area (Å²) < 4.78 is 11.0. The van der Waals surface area contributed by atoms with Gasteiger partial charge in [-0.25, -0.2) is 0 Å². The fourth-order valence-corrected chi connectivity index (χ4v) is 1.75. The van der Waals surface area contributed by atoms with Crippen LogP contribution in [-0.2, 0) is 0 Å². The van der Waals surface area contributed by atoms with Crippen molar-refractivity contribution < 1.29 is 9.47 Å². The average Bonchev–Trinajstić information content (AvgIpc) is 2.45. The van der Waals surface area contributed by atoms with E-state index >= 15 is 0 Å². The fraction of sp³-hybridized carbons (Fsp3) is 0.267. The molecular weight excluding hydrogens is 226 g/mol. The van der Waals surface area contributed by atoms with Gasteiger partial charge in [-0.1, -0.05) is 19.1 Å². The smallest absolute Gasteiger partial charge is 0.144 e. The van der Waals surface area contributed by atoms with Crippen molar-refractivity contribution in [3.63, 3.8) is 0 Å². The van der Waals surface area contributed by atoms with Gasteiger partial charge in [0, 0.05) is 11.8 Å². The first-order valence-electron chi connectivity index (χ1n) is 6.06. The lowest BCUT2D eigenvalue weighted by atomic mass is 10.1. The lowest BCUT2D eigenvalue weighted by Gasteiger charge is -2.10. The van der Waals surface area contributed by atoms with Gasteiger partial charge in [0.1, 0.15) is 11.5 Å². The highest BCUT2D eigenvalue weighted by Gasteiger charge is 2.06. The molecule has 18 heavy (non-hydrogen) atoms. The van der Waals surface area contributed by atoms with E-state index in [0.717, 1.165) is 35.7 Å². The van der Waals surface area contributed by atoms with Gasteiger partial charge in [-0.3, -0.25) is 4.98 Å². The maximum Gasteiger partial charge on any atom is 0.144 e. The van der Waals surface area contributed by atoms with Crippen molar-refractivity contribution in [3.8, 4) is 22.6 Å². The van der Waals surface area contributed by atoms with Crippen molar-refractivity contribution >= 4 is 0 Å². The molecule has 0 saturated heterocycles. The minimum Gasteiger partial charge on any atom is -0.494 e. The van der Waals surface area contributed by atoms with Crippen LogP contribution in [0.25, 0.3) is 11.1 Å². The van der Waals surface area contributed by atoms with E-state index in [1.165, 1.54) is 0 Å². The number of rotatable bonds is 5. The molecule has 0 N–H and O–H groups in total. The van der Waals surface area contributed by atoms with Crippen molar-refractivity contribution in [2.75, 3.05) is 13.7 Å². The molecule has 0 bridgehead atoms. The molecular formula is C15H17NO2. The number of hydrogen-bond acceptors (Lipinski definition) is 3. The van der Waals surface area contributed by atoms with Crippen LogP contribution in [0, 0.1) is 0 Å². The Bertz CT molecular complexity index is 511. The second-order valence-corrected chi connectivity index (χ2v) is 3.95. The van der Waals surface area contributed by atoms with Crippen LogP contribution in [0.4, 0.5) is 0 Å². The Labute approximate surface area is 107 Å². The number of pyridine rings is 1. The highest BCUT2D eigenvalue weighted by molar-refractivity contribution is 5.70. The minimum absolute atomic E-state index is 0.733. The zero-order valence-corrected chi connectivity index (χ0v) is 10.7. The Hall–Kier alpha value is -2.03. The number of benzene rings is 1. The highest BCUT2D eigenvalue weighted by Crippen LogP contribution is 2.30. The quantitative estimate of drug-likeness (QED) is 0.804. The van der Waals surface area contributed by atoms with Crippen LogP contribution in [0.15, 0.2) is 42.7 Å². The second-order valence-electron chi connectivity index (χ2n) is 3.95. The molecule has 1 heterocycles. The predicted molar refractivity (Wildman–Crippen MR) is 72.0 cm³/mol. The van der Waals surface area contributed by atoms with E-state index in [1.807, 2.05) is 30.3 Å². The van der Waals surface area contributed by atoms with Gasteiger partial charge in [-0.15, -0.1) is 0 Å². The van der Waals surface area contributed by atoms with Crippen LogP contribution in [0.3, 0.4) is 0 Å². The zero-order valence-electron chi connectivity index (χ0n) is 10.7. The first-order valence-corrected chi connectivity index (χ1v) is 6.06. The summed E-state index contributed by atoms with van der Waals surface area (Å²) in [5.74, 6) is 1.65. The largest absolute Gasteiger partial charge is 0.494 e. The summed E-state index contributed by atoms with van der Waals surface area (Å²) in [4.78, 5) is 4.06. The molecule has 0 saturated carbocycles. The van der Waals surface area contributed by atoms with Gasteiger partial charge in [-0.2, -0.15) is 0 Å². The summed E-state index contributed by atoms with van der Waals surface area (Å²) in [6, 6.07) is 9.95. The van der Waals surface area contributed by atoms with Crippen molar-refractivity contribution in [1.82, 2.24) is 4.98 Å². The van der Waals surface area contributed by atoms with Crippen LogP contribution >= 0.6 is 0 Å². The Kier molecular flexibility index (Phi) is 4.18. The Balaban J connectivity index is 2.32. The molecule has 1 aromatic heterocycles. The maximum atomic E-state index is 5.63. The predicted octanol–water partition coefficient (Wildman–Crippen LogP) is 3.55. The molecule has 2 aromatic rings. The molecule has 0 amide bonds. The Morgan fingerprint density at radius 3 is 2.89 bits per heavy atom. The zero-order chi connectivity index (χ0) is 12.8. The average molecular weight is 243 g/mol. The van der Waals surface area contributed by atoms with E-state index in [1.54, 1.807) is 19.5 Å². The summed E-state index contributed by atoms with van der Waals surface area (Å²) in [6.45, 7) is 2.83. The topological polar surface area (TPSA) is 31.4 Å². The number of methoxy groups -OCH3 is 1. The molecule has 0 spiro atoms. The Morgan fingerprint density at radius 2 is 2.11 bits per heavy atom. The molecule has 0 aliphatic carbocycles. The molecule has 94 valence electrons. The van der Waals surface area contributed by atoms with Crippen LogP contribution in [0.5, 0.6) is 11.5 Å². The van der Waals surface area contributed by atoms with Gasteiger partial charge < -0.3 is 9.47 Å². The molecule has 0 atom stereocenters. The molecule has 0 unspecified atom stereocenters. The van der Waals surface area contributed by atoms with Crippen LogP contribution < -0.4 is 9.47 Å². The van der Waals surface area contributed by atoms with E-state index in [9.17, 15) is 0 Å².